The zero-order chi connectivity index (χ0) is 9.68. The summed E-state index contributed by atoms with van der Waals surface area (Å²) < 4.78 is 0. The van der Waals surface area contributed by atoms with Gasteiger partial charge in [0.25, 0.3) is 5.91 Å². The number of nitrogens with one attached hydrogen (secondary N) is 1. The van der Waals surface area contributed by atoms with Crippen LogP contribution >= 0.6 is 22.9 Å². The summed E-state index contributed by atoms with van der Waals surface area (Å²) in [6, 6.07) is 3.84. The van der Waals surface area contributed by atoms with Crippen molar-refractivity contribution in [2.45, 2.75) is 13.3 Å². The number of rotatable bonds is 4. The molecule has 0 aromatic carbocycles. The van der Waals surface area contributed by atoms with Gasteiger partial charge in [-0.1, -0.05) is 6.92 Å². The number of carbonyl (C=O) groups is 1. The van der Waals surface area contributed by atoms with Crippen molar-refractivity contribution in [1.29, 1.82) is 0 Å². The van der Waals surface area contributed by atoms with Gasteiger partial charge in [0.2, 0.25) is 0 Å². The molecule has 0 aliphatic rings. The highest BCUT2D eigenvalue weighted by Gasteiger charge is 2.06. The maximum Gasteiger partial charge on any atom is 0.261 e. The number of alkyl halides is 1. The highest BCUT2D eigenvalue weighted by molar-refractivity contribution is 7.14. The highest BCUT2D eigenvalue weighted by Crippen LogP contribution is 2.16. The first-order valence-corrected chi connectivity index (χ1v) is 5.56. The standard InChI is InChI=1S/C9H12ClNOS/c1-2-7-3-4-8(13-7)9(12)11-6-5-10/h3-4H,2,5-6H2,1H3,(H,11,12). The third-order valence-corrected chi connectivity index (χ3v) is 3.03. The normalized spacial score (nSPS) is 10.0. The fourth-order valence-corrected chi connectivity index (χ4v) is 1.90. The second-order valence-electron chi connectivity index (χ2n) is 2.56. The Kier molecular flexibility index (Phi) is 4.25. The van der Waals surface area contributed by atoms with Crippen molar-refractivity contribution in [3.8, 4) is 0 Å². The van der Waals surface area contributed by atoms with Crippen LogP contribution in [0.2, 0.25) is 0 Å². The van der Waals surface area contributed by atoms with Gasteiger partial charge >= 0.3 is 0 Å². The second-order valence-corrected chi connectivity index (χ2v) is 4.11. The molecule has 1 aromatic rings. The van der Waals surface area contributed by atoms with E-state index in [-0.39, 0.29) is 5.91 Å². The van der Waals surface area contributed by atoms with E-state index in [1.807, 2.05) is 12.1 Å². The summed E-state index contributed by atoms with van der Waals surface area (Å²) in [6.45, 7) is 2.60. The largest absolute Gasteiger partial charge is 0.350 e. The van der Waals surface area contributed by atoms with Crippen LogP contribution in [0.3, 0.4) is 0 Å². The van der Waals surface area contributed by atoms with E-state index in [4.69, 9.17) is 11.6 Å². The lowest BCUT2D eigenvalue weighted by molar-refractivity contribution is 0.0960. The minimum Gasteiger partial charge on any atom is -0.350 e. The van der Waals surface area contributed by atoms with Crippen molar-refractivity contribution in [2.75, 3.05) is 12.4 Å². The average Bonchev–Trinajstić information content (AvgIpc) is 2.62. The first kappa shape index (κ1) is 10.5. The summed E-state index contributed by atoms with van der Waals surface area (Å²) in [7, 11) is 0. The van der Waals surface area contributed by atoms with Crippen molar-refractivity contribution in [1.82, 2.24) is 5.32 Å². The van der Waals surface area contributed by atoms with Crippen LogP contribution in [0, 0.1) is 0 Å². The van der Waals surface area contributed by atoms with Gasteiger partial charge in [0.05, 0.1) is 4.88 Å². The third kappa shape index (κ3) is 3.01. The van der Waals surface area contributed by atoms with Crippen molar-refractivity contribution in [2.24, 2.45) is 0 Å². The summed E-state index contributed by atoms with van der Waals surface area (Å²) >= 11 is 6.99. The summed E-state index contributed by atoms with van der Waals surface area (Å²) in [4.78, 5) is 13.4. The molecule has 1 N–H and O–H groups in total. The molecule has 13 heavy (non-hydrogen) atoms. The van der Waals surface area contributed by atoms with E-state index >= 15 is 0 Å². The van der Waals surface area contributed by atoms with E-state index < -0.39 is 0 Å². The van der Waals surface area contributed by atoms with Crippen LogP contribution < -0.4 is 5.32 Å². The fraction of sp³-hybridized carbons (Fsp3) is 0.444. The topological polar surface area (TPSA) is 29.1 Å². The minimum atomic E-state index is -0.0228. The Hall–Kier alpha value is -0.540. The van der Waals surface area contributed by atoms with Crippen LogP contribution in [-0.2, 0) is 6.42 Å². The van der Waals surface area contributed by atoms with E-state index in [1.54, 1.807) is 0 Å². The summed E-state index contributed by atoms with van der Waals surface area (Å²) in [5.41, 5.74) is 0. The molecule has 0 atom stereocenters. The molecule has 4 heteroatoms. The maximum absolute atomic E-state index is 11.4. The number of carbonyl (C=O) groups excluding carboxylic acids is 1. The van der Waals surface area contributed by atoms with Crippen molar-refractivity contribution in [3.05, 3.63) is 21.9 Å². The van der Waals surface area contributed by atoms with Gasteiger partial charge in [-0.3, -0.25) is 4.79 Å². The van der Waals surface area contributed by atoms with Crippen molar-refractivity contribution >= 4 is 28.8 Å². The van der Waals surface area contributed by atoms with Gasteiger partial charge in [-0.25, -0.2) is 0 Å². The molecule has 0 saturated carbocycles. The Morgan fingerprint density at radius 2 is 2.38 bits per heavy atom. The third-order valence-electron chi connectivity index (χ3n) is 1.61. The molecule has 72 valence electrons. The van der Waals surface area contributed by atoms with Gasteiger partial charge in [-0.05, 0) is 18.6 Å². The Morgan fingerprint density at radius 1 is 1.62 bits per heavy atom. The van der Waals surface area contributed by atoms with E-state index in [0.717, 1.165) is 11.3 Å². The second kappa shape index (κ2) is 5.25. The number of halogens is 1. The zero-order valence-electron chi connectivity index (χ0n) is 7.47. The maximum atomic E-state index is 11.4. The van der Waals surface area contributed by atoms with Crippen molar-refractivity contribution in [3.63, 3.8) is 0 Å². The summed E-state index contributed by atoms with van der Waals surface area (Å²) in [5.74, 6) is 0.433. The molecule has 0 unspecified atom stereocenters. The van der Waals surface area contributed by atoms with Crippen LogP contribution in [0.25, 0.3) is 0 Å². The van der Waals surface area contributed by atoms with Crippen LogP contribution in [0.15, 0.2) is 12.1 Å². The van der Waals surface area contributed by atoms with Gasteiger partial charge in [0, 0.05) is 17.3 Å². The summed E-state index contributed by atoms with van der Waals surface area (Å²) in [6.07, 6.45) is 0.980. The van der Waals surface area contributed by atoms with Crippen molar-refractivity contribution < 1.29 is 4.79 Å². The number of amides is 1. The Morgan fingerprint density at radius 3 is 2.92 bits per heavy atom. The van der Waals surface area contributed by atoms with E-state index in [0.29, 0.717) is 12.4 Å². The van der Waals surface area contributed by atoms with Gasteiger partial charge in [-0.15, -0.1) is 22.9 Å². The monoisotopic (exact) mass is 217 g/mol. The molecule has 0 aliphatic carbocycles. The predicted molar refractivity (Wildman–Crippen MR) is 56.8 cm³/mol. The van der Waals surface area contributed by atoms with Crippen LogP contribution in [-0.4, -0.2) is 18.3 Å². The molecule has 0 bridgehead atoms. The smallest absolute Gasteiger partial charge is 0.261 e. The zero-order valence-corrected chi connectivity index (χ0v) is 9.04. The molecule has 0 saturated heterocycles. The molecule has 0 spiro atoms. The highest BCUT2D eigenvalue weighted by atomic mass is 35.5. The molecule has 1 amide bonds. The molecule has 0 aliphatic heterocycles. The lowest BCUT2D eigenvalue weighted by Gasteiger charge is -1.98. The van der Waals surface area contributed by atoms with Gasteiger partial charge < -0.3 is 5.32 Å². The minimum absolute atomic E-state index is 0.0228. The number of aryl methyl sites for hydroxylation is 1. The lowest BCUT2D eigenvalue weighted by Crippen LogP contribution is -2.24. The van der Waals surface area contributed by atoms with Gasteiger partial charge in [0.15, 0.2) is 0 Å². The number of hydrogen-bond donors (Lipinski definition) is 1. The van der Waals surface area contributed by atoms with E-state index in [2.05, 4.69) is 12.2 Å². The quantitative estimate of drug-likeness (QED) is 0.771. The average molecular weight is 218 g/mol. The molecule has 1 heterocycles. The van der Waals surface area contributed by atoms with Crippen LogP contribution in [0.1, 0.15) is 21.5 Å². The molecule has 2 nitrogen and oxygen atoms in total. The number of thiophene rings is 1. The molecule has 1 aromatic heterocycles. The first-order chi connectivity index (χ1) is 6.27. The SMILES string of the molecule is CCc1ccc(C(=O)NCCCl)s1. The first-order valence-electron chi connectivity index (χ1n) is 4.20. The molecular formula is C9H12ClNOS. The number of hydrogen-bond acceptors (Lipinski definition) is 2. The van der Waals surface area contributed by atoms with E-state index in [1.165, 1.54) is 16.2 Å². The molecule has 0 radical (unpaired) electrons. The molecule has 1 rings (SSSR count). The fourth-order valence-electron chi connectivity index (χ4n) is 0.938. The van der Waals surface area contributed by atoms with Gasteiger partial charge in [-0.2, -0.15) is 0 Å². The molecular weight excluding hydrogens is 206 g/mol. The van der Waals surface area contributed by atoms with Gasteiger partial charge in [0.1, 0.15) is 0 Å². The Balaban J connectivity index is 2.55. The predicted octanol–water partition coefficient (Wildman–Crippen LogP) is 2.28. The van der Waals surface area contributed by atoms with Crippen LogP contribution in [0.4, 0.5) is 0 Å². The Labute approximate surface area is 86.9 Å². The Bertz CT molecular complexity index is 285. The summed E-state index contributed by atoms with van der Waals surface area (Å²) in [5, 5.41) is 2.73. The van der Waals surface area contributed by atoms with E-state index in [9.17, 15) is 4.79 Å². The lowest BCUT2D eigenvalue weighted by atomic mass is 10.3. The van der Waals surface area contributed by atoms with Crippen LogP contribution in [0.5, 0.6) is 0 Å². The molecule has 0 fully saturated rings.